The summed E-state index contributed by atoms with van der Waals surface area (Å²) in [5, 5.41) is 13.7. The van der Waals surface area contributed by atoms with Crippen molar-refractivity contribution in [2.75, 3.05) is 18.4 Å². The van der Waals surface area contributed by atoms with Crippen LogP contribution in [0.2, 0.25) is 0 Å². The van der Waals surface area contributed by atoms with Crippen molar-refractivity contribution in [1.29, 1.82) is 0 Å². The van der Waals surface area contributed by atoms with Gasteiger partial charge in [0.05, 0.1) is 16.8 Å². The minimum atomic E-state index is -0.821. The number of nitrogens with one attached hydrogen (secondary N) is 1. The average molecular weight is 387 g/mol. The van der Waals surface area contributed by atoms with E-state index in [4.69, 9.17) is 10.1 Å². The summed E-state index contributed by atoms with van der Waals surface area (Å²) in [6.45, 7) is 2.80. The number of fused-ring (bicyclic) bond motifs is 2. The third kappa shape index (κ3) is 3.23. The fraction of sp³-hybridized carbons (Fsp3) is 0.278. The van der Waals surface area contributed by atoms with Crippen LogP contribution in [0.5, 0.6) is 0 Å². The van der Waals surface area contributed by atoms with E-state index in [0.29, 0.717) is 13.1 Å². The van der Waals surface area contributed by atoms with E-state index in [1.54, 1.807) is 11.3 Å². The molecule has 1 amide bonds. The molecule has 0 saturated carbocycles. The van der Waals surface area contributed by atoms with Gasteiger partial charge in [-0.15, -0.1) is 22.7 Å². The van der Waals surface area contributed by atoms with Gasteiger partial charge in [-0.25, -0.2) is 4.98 Å². The van der Waals surface area contributed by atoms with Crippen molar-refractivity contribution in [2.24, 2.45) is 0 Å². The number of rotatable bonds is 4. The molecule has 0 unspecified atom stereocenters. The van der Waals surface area contributed by atoms with Gasteiger partial charge in [0, 0.05) is 30.5 Å². The summed E-state index contributed by atoms with van der Waals surface area (Å²) in [5.41, 5.74) is 3.13. The van der Waals surface area contributed by atoms with Gasteiger partial charge in [-0.2, -0.15) is 0 Å². The van der Waals surface area contributed by atoms with Gasteiger partial charge >= 0.3 is 5.97 Å². The molecule has 2 N–H and O–H groups in total. The Labute approximate surface area is 158 Å². The van der Waals surface area contributed by atoms with Crippen molar-refractivity contribution in [1.82, 2.24) is 9.88 Å². The van der Waals surface area contributed by atoms with E-state index in [-0.39, 0.29) is 12.5 Å². The van der Waals surface area contributed by atoms with Crippen molar-refractivity contribution in [3.8, 4) is 10.6 Å². The molecule has 134 valence electrons. The molecular formula is C18H17N3O3S2. The summed E-state index contributed by atoms with van der Waals surface area (Å²) in [4.78, 5) is 30.5. The number of benzene rings is 1. The normalized spacial score (nSPS) is 14.3. The van der Waals surface area contributed by atoms with Gasteiger partial charge in [0.15, 0.2) is 0 Å². The van der Waals surface area contributed by atoms with Crippen molar-refractivity contribution in [3.05, 3.63) is 34.7 Å². The Hall–Kier alpha value is -2.29. The van der Waals surface area contributed by atoms with Gasteiger partial charge in [0.2, 0.25) is 5.91 Å². The second kappa shape index (κ2) is 6.79. The Kier molecular flexibility index (Phi) is 4.47. The number of thiophene rings is 1. The molecule has 1 aliphatic heterocycles. The van der Waals surface area contributed by atoms with E-state index >= 15 is 0 Å². The number of hydrogen-bond donors (Lipinski definition) is 2. The molecule has 0 fully saturated rings. The predicted molar refractivity (Wildman–Crippen MR) is 104 cm³/mol. The number of amides is 1. The van der Waals surface area contributed by atoms with Crippen molar-refractivity contribution >= 4 is 49.8 Å². The molecule has 0 saturated heterocycles. The molecular weight excluding hydrogens is 370 g/mol. The molecule has 2 aromatic heterocycles. The highest BCUT2D eigenvalue weighted by molar-refractivity contribution is 7.22. The Morgan fingerprint density at radius 3 is 2.85 bits per heavy atom. The molecule has 26 heavy (non-hydrogen) atoms. The standard InChI is InChI=1S/C18H17N3O3S2/c1-10(22)19-17-16(18-20-12-4-2-3-5-13(12)25-18)11-6-7-21(9-15(23)24)8-14(11)26-17/h2-5H,6-9H2,1H3,(H,19,22)(H,23,24). The van der Waals surface area contributed by atoms with Crippen LogP contribution in [-0.4, -0.2) is 40.0 Å². The van der Waals surface area contributed by atoms with Gasteiger partial charge in [-0.3, -0.25) is 14.5 Å². The third-order valence-corrected chi connectivity index (χ3v) is 6.48. The zero-order valence-electron chi connectivity index (χ0n) is 14.1. The smallest absolute Gasteiger partial charge is 0.317 e. The second-order valence-electron chi connectivity index (χ2n) is 6.23. The maximum Gasteiger partial charge on any atom is 0.317 e. The SMILES string of the molecule is CC(=O)Nc1sc2c(c1-c1nc3ccccc3s1)CCN(CC(=O)O)C2. The molecule has 0 atom stereocenters. The molecule has 3 aromatic rings. The molecule has 6 nitrogen and oxygen atoms in total. The van der Waals surface area contributed by atoms with E-state index < -0.39 is 5.97 Å². The van der Waals surface area contributed by atoms with E-state index in [1.807, 2.05) is 29.2 Å². The lowest BCUT2D eigenvalue weighted by atomic mass is 10.0. The first-order chi connectivity index (χ1) is 12.5. The fourth-order valence-electron chi connectivity index (χ4n) is 3.24. The van der Waals surface area contributed by atoms with Crippen molar-refractivity contribution in [3.63, 3.8) is 0 Å². The summed E-state index contributed by atoms with van der Waals surface area (Å²) >= 11 is 3.14. The number of carbonyl (C=O) groups is 2. The average Bonchev–Trinajstić information content (AvgIpc) is 3.13. The minimum absolute atomic E-state index is 0.0310. The van der Waals surface area contributed by atoms with Crippen LogP contribution in [0.1, 0.15) is 17.4 Å². The number of carbonyl (C=O) groups excluding carboxylic acids is 1. The lowest BCUT2D eigenvalue weighted by molar-refractivity contribution is -0.138. The number of aliphatic carboxylic acids is 1. The first kappa shape index (κ1) is 17.1. The zero-order valence-corrected chi connectivity index (χ0v) is 15.7. The fourth-order valence-corrected chi connectivity index (χ4v) is 5.68. The van der Waals surface area contributed by atoms with Gasteiger partial charge in [-0.1, -0.05) is 12.1 Å². The Morgan fingerprint density at radius 2 is 2.12 bits per heavy atom. The molecule has 0 aliphatic carbocycles. The molecule has 8 heteroatoms. The molecule has 4 rings (SSSR count). The van der Waals surface area contributed by atoms with E-state index in [0.717, 1.165) is 37.1 Å². The molecule has 0 bridgehead atoms. The minimum Gasteiger partial charge on any atom is -0.480 e. The van der Waals surface area contributed by atoms with Crippen LogP contribution in [0.15, 0.2) is 24.3 Å². The van der Waals surface area contributed by atoms with Crippen LogP contribution in [0.25, 0.3) is 20.8 Å². The van der Waals surface area contributed by atoms with Crippen molar-refractivity contribution < 1.29 is 14.7 Å². The quantitative estimate of drug-likeness (QED) is 0.717. The maximum atomic E-state index is 11.7. The second-order valence-corrected chi connectivity index (χ2v) is 8.37. The Morgan fingerprint density at radius 1 is 1.31 bits per heavy atom. The number of anilines is 1. The monoisotopic (exact) mass is 387 g/mol. The van der Waals surface area contributed by atoms with E-state index in [2.05, 4.69) is 5.32 Å². The molecule has 1 aliphatic rings. The molecule has 1 aromatic carbocycles. The number of nitrogens with zero attached hydrogens (tertiary/aromatic N) is 2. The topological polar surface area (TPSA) is 82.5 Å². The van der Waals surface area contributed by atoms with Crippen LogP contribution in [-0.2, 0) is 22.6 Å². The highest BCUT2D eigenvalue weighted by Crippen LogP contribution is 2.45. The largest absolute Gasteiger partial charge is 0.480 e. The first-order valence-corrected chi connectivity index (χ1v) is 9.87. The van der Waals surface area contributed by atoms with Crippen LogP contribution >= 0.6 is 22.7 Å². The summed E-state index contributed by atoms with van der Waals surface area (Å²) in [5.74, 6) is -0.938. The van der Waals surface area contributed by atoms with Gasteiger partial charge in [0.1, 0.15) is 10.0 Å². The predicted octanol–water partition coefficient (Wildman–Crippen LogP) is 3.43. The lowest BCUT2D eigenvalue weighted by Gasteiger charge is -2.25. The van der Waals surface area contributed by atoms with E-state index in [9.17, 15) is 9.59 Å². The van der Waals surface area contributed by atoms with Crippen LogP contribution in [0.3, 0.4) is 0 Å². The highest BCUT2D eigenvalue weighted by Gasteiger charge is 2.28. The third-order valence-electron chi connectivity index (χ3n) is 4.29. The maximum absolute atomic E-state index is 11.7. The van der Waals surface area contributed by atoms with Gasteiger partial charge < -0.3 is 10.4 Å². The molecule has 3 heterocycles. The number of thiazole rings is 1. The van der Waals surface area contributed by atoms with Crippen LogP contribution in [0, 0.1) is 0 Å². The number of para-hydroxylation sites is 1. The lowest BCUT2D eigenvalue weighted by Crippen LogP contribution is -2.34. The Balaban J connectivity index is 1.79. The summed E-state index contributed by atoms with van der Waals surface area (Å²) in [6, 6.07) is 7.99. The number of carboxylic acid groups (broad SMARTS) is 1. The van der Waals surface area contributed by atoms with Crippen molar-refractivity contribution in [2.45, 2.75) is 19.9 Å². The number of aromatic nitrogens is 1. The summed E-state index contributed by atoms with van der Waals surface area (Å²) < 4.78 is 1.11. The first-order valence-electron chi connectivity index (χ1n) is 8.23. The van der Waals surface area contributed by atoms with E-state index in [1.165, 1.54) is 23.8 Å². The Bertz CT molecular complexity index is 975. The number of carboxylic acids is 1. The zero-order chi connectivity index (χ0) is 18.3. The van der Waals surface area contributed by atoms with Gasteiger partial charge in [-0.05, 0) is 24.1 Å². The molecule has 0 radical (unpaired) electrons. The number of hydrogen-bond acceptors (Lipinski definition) is 6. The van der Waals surface area contributed by atoms with Crippen LogP contribution in [0.4, 0.5) is 5.00 Å². The molecule has 0 spiro atoms. The van der Waals surface area contributed by atoms with Crippen LogP contribution < -0.4 is 5.32 Å². The summed E-state index contributed by atoms with van der Waals surface area (Å²) in [6.07, 6.45) is 0.754. The highest BCUT2D eigenvalue weighted by atomic mass is 32.1. The summed E-state index contributed by atoms with van der Waals surface area (Å²) in [7, 11) is 0. The van der Waals surface area contributed by atoms with Gasteiger partial charge in [0.25, 0.3) is 0 Å².